The fourth-order valence-corrected chi connectivity index (χ4v) is 3.66. The number of hydrogen-bond acceptors (Lipinski definition) is 5. The van der Waals surface area contributed by atoms with E-state index < -0.39 is 0 Å². The van der Waals surface area contributed by atoms with Crippen LogP contribution in [-0.4, -0.2) is 25.7 Å². The Morgan fingerprint density at radius 3 is 2.71 bits per heavy atom. The molecule has 4 aromatic rings. The third-order valence-corrected chi connectivity index (χ3v) is 5.40. The van der Waals surface area contributed by atoms with Crippen LogP contribution in [0.3, 0.4) is 0 Å². The molecule has 0 aliphatic heterocycles. The lowest BCUT2D eigenvalue weighted by atomic mass is 10.0. The van der Waals surface area contributed by atoms with Crippen LogP contribution in [0.15, 0.2) is 54.3 Å². The summed E-state index contributed by atoms with van der Waals surface area (Å²) in [6.07, 6.45) is 5.17. The topological polar surface area (TPSA) is 72.7 Å². The second kappa shape index (κ2) is 7.36. The van der Waals surface area contributed by atoms with Crippen LogP contribution in [-0.2, 0) is 7.05 Å². The van der Waals surface area contributed by atoms with Gasteiger partial charge in [0.25, 0.3) is 5.91 Å². The molecule has 0 spiro atoms. The Hall–Kier alpha value is -3.32. The molecule has 1 amide bonds. The van der Waals surface area contributed by atoms with Crippen molar-refractivity contribution in [2.45, 2.75) is 13.8 Å². The minimum absolute atomic E-state index is 0.245. The lowest BCUT2D eigenvalue weighted by Crippen LogP contribution is -2.13. The Balaban J connectivity index is 1.67. The second-order valence-electron chi connectivity index (χ2n) is 6.55. The van der Waals surface area contributed by atoms with Gasteiger partial charge < -0.3 is 5.32 Å². The fraction of sp³-hybridized carbons (Fsp3) is 0.143. The molecular weight excluding hydrogens is 370 g/mol. The molecule has 0 unspecified atom stereocenters. The lowest BCUT2D eigenvalue weighted by molar-refractivity contribution is 0.102. The number of nitrogens with one attached hydrogen (secondary N) is 1. The summed E-state index contributed by atoms with van der Waals surface area (Å²) in [6, 6.07) is 9.82. The van der Waals surface area contributed by atoms with Crippen molar-refractivity contribution in [1.29, 1.82) is 0 Å². The first-order valence-electron chi connectivity index (χ1n) is 8.80. The van der Waals surface area contributed by atoms with Crippen LogP contribution >= 0.6 is 11.3 Å². The van der Waals surface area contributed by atoms with Crippen LogP contribution in [0.1, 0.15) is 21.6 Å². The van der Waals surface area contributed by atoms with Gasteiger partial charge in [-0.3, -0.25) is 14.5 Å². The molecule has 6 nitrogen and oxygen atoms in total. The van der Waals surface area contributed by atoms with Crippen LogP contribution in [0, 0.1) is 13.8 Å². The molecule has 0 bridgehead atoms. The second-order valence-corrected chi connectivity index (χ2v) is 7.44. The Kier molecular flexibility index (Phi) is 4.75. The van der Waals surface area contributed by atoms with Crippen LogP contribution in [0.4, 0.5) is 5.69 Å². The molecule has 3 heterocycles. The molecule has 0 saturated heterocycles. The highest BCUT2D eigenvalue weighted by atomic mass is 32.1. The van der Waals surface area contributed by atoms with E-state index in [-0.39, 0.29) is 5.91 Å². The predicted molar refractivity (Wildman–Crippen MR) is 111 cm³/mol. The number of pyridine rings is 1. The number of aromatic nitrogens is 4. The van der Waals surface area contributed by atoms with Crippen molar-refractivity contribution >= 4 is 22.9 Å². The minimum Gasteiger partial charge on any atom is -0.320 e. The number of amides is 1. The van der Waals surface area contributed by atoms with E-state index in [9.17, 15) is 4.79 Å². The summed E-state index contributed by atoms with van der Waals surface area (Å²) >= 11 is 1.60. The number of anilines is 1. The van der Waals surface area contributed by atoms with Gasteiger partial charge in [0.15, 0.2) is 5.69 Å². The fourth-order valence-electron chi connectivity index (χ4n) is 3.03. The first kappa shape index (κ1) is 18.1. The van der Waals surface area contributed by atoms with E-state index in [4.69, 9.17) is 0 Å². The van der Waals surface area contributed by atoms with E-state index >= 15 is 0 Å². The predicted octanol–water partition coefficient (Wildman–Crippen LogP) is 4.47. The molecule has 1 N–H and O–H groups in total. The largest absolute Gasteiger partial charge is 0.320 e. The van der Waals surface area contributed by atoms with Crippen LogP contribution < -0.4 is 5.32 Å². The summed E-state index contributed by atoms with van der Waals surface area (Å²) in [5, 5.41) is 10.3. The number of carbonyl (C=O) groups is 1. The van der Waals surface area contributed by atoms with Gasteiger partial charge in [0.1, 0.15) is 5.01 Å². The highest BCUT2D eigenvalue weighted by Crippen LogP contribution is 2.30. The van der Waals surface area contributed by atoms with Gasteiger partial charge in [-0.05, 0) is 43.2 Å². The summed E-state index contributed by atoms with van der Waals surface area (Å²) in [4.78, 5) is 21.1. The maximum atomic E-state index is 12.7. The monoisotopic (exact) mass is 389 g/mol. The molecule has 1 aromatic carbocycles. The average Bonchev–Trinajstić information content (AvgIpc) is 3.34. The summed E-state index contributed by atoms with van der Waals surface area (Å²) in [5.41, 5.74) is 6.07. The summed E-state index contributed by atoms with van der Waals surface area (Å²) in [7, 11) is 1.85. The zero-order valence-electron chi connectivity index (χ0n) is 15.8. The molecule has 7 heteroatoms. The highest BCUT2D eigenvalue weighted by Gasteiger charge is 2.17. The molecular formula is C21H19N5OS. The normalized spacial score (nSPS) is 10.8. The van der Waals surface area contributed by atoms with E-state index in [0.717, 1.165) is 38.6 Å². The number of benzene rings is 1. The van der Waals surface area contributed by atoms with Gasteiger partial charge in [-0.15, -0.1) is 11.3 Å². The van der Waals surface area contributed by atoms with Crippen molar-refractivity contribution in [3.05, 3.63) is 71.1 Å². The highest BCUT2D eigenvalue weighted by molar-refractivity contribution is 7.13. The third-order valence-electron chi connectivity index (χ3n) is 4.57. The molecule has 0 aliphatic rings. The first-order chi connectivity index (χ1) is 13.5. The number of thiazole rings is 1. The molecule has 0 saturated carbocycles. The number of nitrogens with zero attached hydrogens (tertiary/aromatic N) is 4. The average molecular weight is 389 g/mol. The molecule has 28 heavy (non-hydrogen) atoms. The standard InChI is InChI=1S/C21H19N5OS/c1-13-4-5-15(21-23-8-9-28-21)10-16(13)19-11-18(25-26(19)3)20(27)24-17-6-7-22-12-14(17)2/h4-12H,1-3H3,(H,22,24,27). The molecule has 0 aliphatic carbocycles. The van der Waals surface area contributed by atoms with Gasteiger partial charge >= 0.3 is 0 Å². The zero-order chi connectivity index (χ0) is 19.7. The van der Waals surface area contributed by atoms with Gasteiger partial charge in [0, 0.05) is 47.8 Å². The third kappa shape index (κ3) is 3.44. The number of carbonyl (C=O) groups excluding carboxylic acids is 1. The van der Waals surface area contributed by atoms with Crippen molar-refractivity contribution < 1.29 is 4.79 Å². The minimum atomic E-state index is -0.245. The summed E-state index contributed by atoms with van der Waals surface area (Å²) in [5.74, 6) is -0.245. The van der Waals surface area contributed by atoms with Crippen LogP contribution in [0.25, 0.3) is 21.8 Å². The van der Waals surface area contributed by atoms with E-state index in [1.165, 1.54) is 0 Å². The Bertz CT molecular complexity index is 1150. The number of aryl methyl sites for hydroxylation is 3. The Morgan fingerprint density at radius 2 is 1.96 bits per heavy atom. The molecule has 0 fully saturated rings. The van der Waals surface area contributed by atoms with E-state index in [2.05, 4.69) is 38.6 Å². The van der Waals surface area contributed by atoms with Crippen molar-refractivity contribution in [1.82, 2.24) is 19.7 Å². The van der Waals surface area contributed by atoms with Crippen LogP contribution in [0.2, 0.25) is 0 Å². The van der Waals surface area contributed by atoms with Crippen LogP contribution in [0.5, 0.6) is 0 Å². The molecule has 0 atom stereocenters. The van der Waals surface area contributed by atoms with E-state index in [0.29, 0.717) is 5.69 Å². The Morgan fingerprint density at radius 1 is 1.11 bits per heavy atom. The van der Waals surface area contributed by atoms with Gasteiger partial charge in [0.05, 0.1) is 5.69 Å². The quantitative estimate of drug-likeness (QED) is 0.559. The lowest BCUT2D eigenvalue weighted by Gasteiger charge is -2.08. The number of hydrogen-bond donors (Lipinski definition) is 1. The summed E-state index contributed by atoms with van der Waals surface area (Å²) in [6.45, 7) is 3.95. The van der Waals surface area contributed by atoms with Crippen molar-refractivity contribution in [2.24, 2.45) is 7.05 Å². The first-order valence-corrected chi connectivity index (χ1v) is 9.68. The van der Waals surface area contributed by atoms with Gasteiger partial charge in [-0.25, -0.2) is 4.98 Å². The maximum Gasteiger partial charge on any atom is 0.276 e. The van der Waals surface area contributed by atoms with Crippen molar-refractivity contribution in [2.75, 3.05) is 5.32 Å². The van der Waals surface area contributed by atoms with Gasteiger partial charge in [-0.2, -0.15) is 5.10 Å². The van der Waals surface area contributed by atoms with Crippen molar-refractivity contribution in [3.8, 4) is 21.8 Å². The molecule has 0 radical (unpaired) electrons. The van der Waals surface area contributed by atoms with Gasteiger partial charge in [-0.1, -0.05) is 12.1 Å². The number of rotatable bonds is 4. The van der Waals surface area contributed by atoms with E-state index in [1.807, 2.05) is 32.3 Å². The Labute approximate surface area is 166 Å². The molecule has 4 rings (SSSR count). The van der Waals surface area contributed by atoms with Gasteiger partial charge in [0.2, 0.25) is 0 Å². The van der Waals surface area contributed by atoms with E-state index in [1.54, 1.807) is 40.7 Å². The van der Waals surface area contributed by atoms with Crippen molar-refractivity contribution in [3.63, 3.8) is 0 Å². The smallest absolute Gasteiger partial charge is 0.276 e. The SMILES string of the molecule is Cc1cnccc1NC(=O)c1cc(-c2cc(-c3nccs3)ccc2C)n(C)n1. The zero-order valence-corrected chi connectivity index (χ0v) is 16.6. The molecule has 140 valence electrons. The molecule has 3 aromatic heterocycles. The maximum absolute atomic E-state index is 12.7. The summed E-state index contributed by atoms with van der Waals surface area (Å²) < 4.78 is 1.74.